The zero-order valence-electron chi connectivity index (χ0n) is 23.1. The lowest BCUT2D eigenvalue weighted by atomic mass is 9.75. The van der Waals surface area contributed by atoms with E-state index in [-0.39, 0.29) is 36.7 Å². The molecule has 2 N–H and O–H groups in total. The number of fused-ring (bicyclic) bond motifs is 2. The molecule has 1 spiro atoms. The van der Waals surface area contributed by atoms with Crippen LogP contribution in [-0.2, 0) is 26.3 Å². The van der Waals surface area contributed by atoms with Gasteiger partial charge in [0.2, 0.25) is 17.7 Å². The monoisotopic (exact) mass is 532 g/mol. The topological polar surface area (TPSA) is 98.8 Å². The van der Waals surface area contributed by atoms with E-state index in [1.54, 1.807) is 29.2 Å². The second kappa shape index (κ2) is 12.9. The van der Waals surface area contributed by atoms with Gasteiger partial charge in [0.25, 0.3) is 5.91 Å². The molecule has 4 rings (SSSR count). The van der Waals surface area contributed by atoms with E-state index in [0.717, 1.165) is 30.4 Å². The Bertz CT molecular complexity index is 1180. The molecule has 8 nitrogen and oxygen atoms in total. The van der Waals surface area contributed by atoms with Crippen LogP contribution in [0.25, 0.3) is 0 Å². The summed E-state index contributed by atoms with van der Waals surface area (Å²) in [5, 5.41) is 6.12. The molecule has 2 aromatic rings. The Morgan fingerprint density at radius 3 is 2.46 bits per heavy atom. The molecule has 39 heavy (non-hydrogen) atoms. The number of benzene rings is 2. The number of aryl methyl sites for hydroxylation is 1. The van der Waals surface area contributed by atoms with Gasteiger partial charge >= 0.3 is 0 Å². The Kier molecular flexibility index (Phi) is 9.38. The van der Waals surface area contributed by atoms with Gasteiger partial charge in [-0.1, -0.05) is 56.3 Å². The number of hydrogen-bond acceptors (Lipinski definition) is 4. The second-order valence-electron chi connectivity index (χ2n) is 11.0. The zero-order valence-corrected chi connectivity index (χ0v) is 23.1. The van der Waals surface area contributed by atoms with Crippen molar-refractivity contribution < 1.29 is 19.2 Å². The Morgan fingerprint density at radius 1 is 0.949 bits per heavy atom. The molecule has 4 amide bonds. The van der Waals surface area contributed by atoms with Crippen LogP contribution in [0.15, 0.2) is 54.6 Å². The van der Waals surface area contributed by atoms with Gasteiger partial charge < -0.3 is 20.4 Å². The maximum atomic E-state index is 13.7. The molecule has 0 saturated carbocycles. The molecule has 0 bridgehead atoms. The number of rotatable bonds is 4. The van der Waals surface area contributed by atoms with Crippen LogP contribution in [-0.4, -0.2) is 66.2 Å². The summed E-state index contributed by atoms with van der Waals surface area (Å²) in [5.74, 6) is -0.756. The van der Waals surface area contributed by atoms with Gasteiger partial charge in [0.15, 0.2) is 0 Å². The minimum atomic E-state index is -1.17. The predicted octanol–water partition coefficient (Wildman–Crippen LogP) is 3.26. The lowest BCUT2D eigenvalue weighted by Crippen LogP contribution is -2.60. The van der Waals surface area contributed by atoms with Gasteiger partial charge in [-0.3, -0.25) is 19.2 Å². The highest BCUT2D eigenvalue weighted by Crippen LogP contribution is 2.36. The van der Waals surface area contributed by atoms with Crippen molar-refractivity contribution in [3.05, 3.63) is 71.3 Å². The van der Waals surface area contributed by atoms with E-state index in [0.29, 0.717) is 50.4 Å². The molecule has 8 heteroatoms. The fraction of sp³-hybridized carbons (Fsp3) is 0.484. The molecule has 1 unspecified atom stereocenters. The van der Waals surface area contributed by atoms with E-state index in [1.165, 1.54) is 4.90 Å². The summed E-state index contributed by atoms with van der Waals surface area (Å²) < 4.78 is 0. The van der Waals surface area contributed by atoms with Crippen LogP contribution < -0.4 is 10.6 Å². The van der Waals surface area contributed by atoms with E-state index in [1.807, 2.05) is 30.3 Å². The Hall–Kier alpha value is -3.68. The van der Waals surface area contributed by atoms with Gasteiger partial charge in [-0.2, -0.15) is 0 Å². The fourth-order valence-corrected chi connectivity index (χ4v) is 5.47. The van der Waals surface area contributed by atoms with Crippen molar-refractivity contribution in [2.45, 2.75) is 57.9 Å². The maximum absolute atomic E-state index is 13.7. The quantitative estimate of drug-likeness (QED) is 0.632. The van der Waals surface area contributed by atoms with Crippen LogP contribution in [0.1, 0.15) is 67.4 Å². The summed E-state index contributed by atoms with van der Waals surface area (Å²) >= 11 is 0. The highest BCUT2D eigenvalue weighted by molar-refractivity contribution is 5.97. The zero-order chi connectivity index (χ0) is 27.8. The number of amides is 4. The summed E-state index contributed by atoms with van der Waals surface area (Å²) in [6, 6.07) is 16.7. The second-order valence-corrected chi connectivity index (χ2v) is 11.0. The van der Waals surface area contributed by atoms with Crippen LogP contribution in [0.2, 0.25) is 0 Å². The van der Waals surface area contributed by atoms with Gasteiger partial charge in [0.1, 0.15) is 12.1 Å². The van der Waals surface area contributed by atoms with E-state index in [4.69, 9.17) is 0 Å². The molecule has 208 valence electrons. The van der Waals surface area contributed by atoms with E-state index in [2.05, 4.69) is 24.5 Å². The molecular formula is C31H40N4O4. The predicted molar refractivity (Wildman–Crippen MR) is 150 cm³/mol. The molecule has 1 heterocycles. The summed E-state index contributed by atoms with van der Waals surface area (Å²) in [6.07, 6.45) is 4.12. The summed E-state index contributed by atoms with van der Waals surface area (Å²) in [4.78, 5) is 57.3. The lowest BCUT2D eigenvalue weighted by Gasteiger charge is -2.39. The first-order valence-corrected chi connectivity index (χ1v) is 14.1. The Labute approximate surface area is 231 Å². The number of nitrogens with one attached hydrogen (secondary N) is 2. The van der Waals surface area contributed by atoms with E-state index < -0.39 is 5.54 Å². The summed E-state index contributed by atoms with van der Waals surface area (Å²) in [5.41, 5.74) is 1.24. The Balaban J connectivity index is 1.62. The standard InChI is InChI=1S/C31H40N4O4/c1-23(2)16-20-34-21-27(36)33-31(17-10-14-24-11-6-7-15-26(24)31)30(39)32-18-8-9-19-35(22-28(34)37)29(38)25-12-4-3-5-13-25/h3-7,11-13,15,23H,8-10,14,16-22H2,1-2H3,(H,32,39)(H,33,36). The van der Waals surface area contributed by atoms with Crippen molar-refractivity contribution in [2.24, 2.45) is 5.92 Å². The first-order valence-electron chi connectivity index (χ1n) is 14.1. The number of hydrogen-bond donors (Lipinski definition) is 2. The number of carbonyl (C=O) groups is 4. The Morgan fingerprint density at radius 2 is 1.69 bits per heavy atom. The van der Waals surface area contributed by atoms with Crippen LogP contribution in [0.3, 0.4) is 0 Å². The van der Waals surface area contributed by atoms with Gasteiger partial charge in [-0.25, -0.2) is 0 Å². The summed E-state index contributed by atoms with van der Waals surface area (Å²) in [6.45, 7) is 5.06. The maximum Gasteiger partial charge on any atom is 0.254 e. The minimum absolute atomic E-state index is 0.0978. The molecule has 1 saturated heterocycles. The van der Waals surface area contributed by atoms with Crippen molar-refractivity contribution in [1.82, 2.24) is 20.4 Å². The highest BCUT2D eigenvalue weighted by atomic mass is 16.2. The van der Waals surface area contributed by atoms with Crippen LogP contribution >= 0.6 is 0 Å². The molecule has 1 fully saturated rings. The molecule has 1 aliphatic heterocycles. The normalized spacial score (nSPS) is 21.3. The third kappa shape index (κ3) is 6.85. The van der Waals surface area contributed by atoms with Crippen molar-refractivity contribution in [3.63, 3.8) is 0 Å². The van der Waals surface area contributed by atoms with E-state index >= 15 is 0 Å². The summed E-state index contributed by atoms with van der Waals surface area (Å²) in [7, 11) is 0. The third-order valence-corrected chi connectivity index (χ3v) is 7.65. The van der Waals surface area contributed by atoms with Crippen molar-refractivity contribution in [3.8, 4) is 0 Å². The first-order chi connectivity index (χ1) is 18.8. The van der Waals surface area contributed by atoms with Gasteiger partial charge in [-0.15, -0.1) is 0 Å². The van der Waals surface area contributed by atoms with Gasteiger partial charge in [-0.05, 0) is 67.7 Å². The van der Waals surface area contributed by atoms with Crippen LogP contribution in [0.5, 0.6) is 0 Å². The molecular weight excluding hydrogens is 492 g/mol. The lowest BCUT2D eigenvalue weighted by molar-refractivity contribution is -0.139. The van der Waals surface area contributed by atoms with Crippen LogP contribution in [0.4, 0.5) is 0 Å². The van der Waals surface area contributed by atoms with Gasteiger partial charge in [0, 0.05) is 25.2 Å². The molecule has 1 aliphatic carbocycles. The first kappa shape index (κ1) is 28.3. The SMILES string of the molecule is CC(C)CCN1CC(=O)NC2(CCCc3ccccc32)C(=O)NCCCCN(C(=O)c2ccccc2)CC1=O. The molecule has 2 aliphatic rings. The van der Waals surface area contributed by atoms with Crippen molar-refractivity contribution in [1.29, 1.82) is 0 Å². The van der Waals surface area contributed by atoms with E-state index in [9.17, 15) is 19.2 Å². The largest absolute Gasteiger partial charge is 0.354 e. The van der Waals surface area contributed by atoms with Crippen LogP contribution in [0, 0.1) is 5.92 Å². The fourth-order valence-electron chi connectivity index (χ4n) is 5.47. The average Bonchev–Trinajstić information content (AvgIpc) is 2.93. The molecule has 0 radical (unpaired) electrons. The highest BCUT2D eigenvalue weighted by Gasteiger charge is 2.44. The third-order valence-electron chi connectivity index (χ3n) is 7.65. The molecule has 2 aromatic carbocycles. The average molecular weight is 533 g/mol. The van der Waals surface area contributed by atoms with Gasteiger partial charge in [0.05, 0.1) is 6.54 Å². The smallest absolute Gasteiger partial charge is 0.254 e. The van der Waals surface area contributed by atoms with Crippen molar-refractivity contribution >= 4 is 23.6 Å². The van der Waals surface area contributed by atoms with Crippen molar-refractivity contribution in [2.75, 3.05) is 32.7 Å². The molecule has 0 aromatic heterocycles. The minimum Gasteiger partial charge on any atom is -0.354 e. The molecule has 1 atom stereocenters. The number of carbonyl (C=O) groups excluding carboxylic acids is 4. The number of nitrogens with zero attached hydrogens (tertiary/aromatic N) is 2.